The van der Waals surface area contributed by atoms with E-state index in [1.54, 1.807) is 18.2 Å². The number of rotatable bonds is 3. The fourth-order valence-corrected chi connectivity index (χ4v) is 1.16. The lowest BCUT2D eigenvalue weighted by atomic mass is 10.1. The van der Waals surface area contributed by atoms with Gasteiger partial charge in [-0.1, -0.05) is 13.8 Å². The molecule has 1 amide bonds. The second-order valence-electron chi connectivity index (χ2n) is 3.67. The fraction of sp³-hybridized carbons (Fsp3) is 0.333. The smallest absolute Gasteiger partial charge is 0.226 e. The van der Waals surface area contributed by atoms with Gasteiger partial charge in [-0.25, -0.2) is 0 Å². The van der Waals surface area contributed by atoms with Crippen LogP contribution < -0.4 is 10.1 Å². The summed E-state index contributed by atoms with van der Waals surface area (Å²) in [6, 6.07) is 6.98. The quantitative estimate of drug-likeness (QED) is 0.845. The fourth-order valence-electron chi connectivity index (χ4n) is 1.16. The van der Waals surface area contributed by atoms with Crippen molar-refractivity contribution in [3.8, 4) is 11.8 Å². The Morgan fingerprint density at radius 1 is 1.50 bits per heavy atom. The number of anilines is 1. The molecule has 0 spiro atoms. The molecule has 0 saturated heterocycles. The van der Waals surface area contributed by atoms with Gasteiger partial charge in [-0.15, -0.1) is 0 Å². The number of nitrogens with one attached hydrogen (secondary N) is 1. The topological polar surface area (TPSA) is 62.1 Å². The Hall–Kier alpha value is -2.02. The molecule has 16 heavy (non-hydrogen) atoms. The molecule has 0 heterocycles. The van der Waals surface area contributed by atoms with Crippen LogP contribution in [0.3, 0.4) is 0 Å². The molecule has 0 aromatic heterocycles. The first-order valence-corrected chi connectivity index (χ1v) is 4.97. The van der Waals surface area contributed by atoms with Crippen molar-refractivity contribution in [3.63, 3.8) is 0 Å². The van der Waals surface area contributed by atoms with E-state index < -0.39 is 0 Å². The molecule has 0 aliphatic rings. The van der Waals surface area contributed by atoms with Crippen LogP contribution in [0.15, 0.2) is 18.2 Å². The molecular weight excluding hydrogens is 204 g/mol. The van der Waals surface area contributed by atoms with E-state index in [2.05, 4.69) is 5.32 Å². The second kappa shape index (κ2) is 5.17. The third-order valence-electron chi connectivity index (χ3n) is 2.11. The van der Waals surface area contributed by atoms with E-state index >= 15 is 0 Å². The molecule has 84 valence electrons. The number of hydrogen-bond donors (Lipinski definition) is 1. The minimum absolute atomic E-state index is 0.0749. The minimum atomic E-state index is -0.0902. The third kappa shape index (κ3) is 2.74. The van der Waals surface area contributed by atoms with Crippen LogP contribution in [0.1, 0.15) is 19.4 Å². The van der Waals surface area contributed by atoms with Gasteiger partial charge in [-0.3, -0.25) is 4.79 Å². The number of nitrogens with zero attached hydrogens (tertiary/aromatic N) is 1. The average molecular weight is 218 g/mol. The normalized spacial score (nSPS) is 9.69. The number of hydrogen-bond acceptors (Lipinski definition) is 3. The summed E-state index contributed by atoms with van der Waals surface area (Å²) in [7, 11) is 1.50. The molecule has 0 saturated carbocycles. The highest BCUT2D eigenvalue weighted by molar-refractivity contribution is 5.92. The van der Waals surface area contributed by atoms with Gasteiger partial charge in [0.2, 0.25) is 5.91 Å². The van der Waals surface area contributed by atoms with Gasteiger partial charge in [-0.2, -0.15) is 5.26 Å². The molecule has 1 rings (SSSR count). The Morgan fingerprint density at radius 3 is 2.69 bits per heavy atom. The number of benzene rings is 1. The maximum Gasteiger partial charge on any atom is 0.226 e. The molecule has 0 radical (unpaired) electrons. The molecule has 0 fully saturated rings. The number of amides is 1. The molecule has 4 nitrogen and oxygen atoms in total. The zero-order valence-electron chi connectivity index (χ0n) is 9.57. The van der Waals surface area contributed by atoms with Crippen LogP contribution in [0.2, 0.25) is 0 Å². The molecule has 0 bridgehead atoms. The molecule has 0 unspecified atom stereocenters. The Balaban J connectivity index is 2.92. The van der Waals surface area contributed by atoms with Crippen molar-refractivity contribution in [1.29, 1.82) is 5.26 Å². The van der Waals surface area contributed by atoms with E-state index in [1.807, 2.05) is 19.9 Å². The van der Waals surface area contributed by atoms with Gasteiger partial charge < -0.3 is 10.1 Å². The van der Waals surface area contributed by atoms with Crippen LogP contribution in [0, 0.1) is 17.2 Å². The summed E-state index contributed by atoms with van der Waals surface area (Å²) in [4.78, 5) is 11.4. The zero-order chi connectivity index (χ0) is 12.1. The van der Waals surface area contributed by atoms with Crippen molar-refractivity contribution >= 4 is 11.6 Å². The SMILES string of the molecule is COc1ccc(NC(=O)C(C)C)cc1C#N. The van der Waals surface area contributed by atoms with Crippen molar-refractivity contribution in [2.45, 2.75) is 13.8 Å². The van der Waals surface area contributed by atoms with Crippen LogP contribution in [0.4, 0.5) is 5.69 Å². The Bertz CT molecular complexity index is 433. The van der Waals surface area contributed by atoms with Crippen molar-refractivity contribution < 1.29 is 9.53 Å². The Kier molecular flexibility index (Phi) is 3.90. The predicted molar refractivity (Wildman–Crippen MR) is 61.2 cm³/mol. The number of ether oxygens (including phenoxy) is 1. The van der Waals surface area contributed by atoms with Gasteiger partial charge in [0.25, 0.3) is 0 Å². The van der Waals surface area contributed by atoms with Crippen molar-refractivity contribution in [3.05, 3.63) is 23.8 Å². The summed E-state index contributed by atoms with van der Waals surface area (Å²) in [6.07, 6.45) is 0. The van der Waals surface area contributed by atoms with E-state index in [4.69, 9.17) is 10.00 Å². The third-order valence-corrected chi connectivity index (χ3v) is 2.11. The van der Waals surface area contributed by atoms with Gasteiger partial charge in [-0.05, 0) is 18.2 Å². The van der Waals surface area contributed by atoms with E-state index in [1.165, 1.54) is 7.11 Å². The summed E-state index contributed by atoms with van der Waals surface area (Å²) in [5, 5.41) is 11.6. The number of nitriles is 1. The van der Waals surface area contributed by atoms with Crippen molar-refractivity contribution in [2.75, 3.05) is 12.4 Å². The maximum absolute atomic E-state index is 11.4. The molecule has 0 aliphatic carbocycles. The highest BCUT2D eigenvalue weighted by Gasteiger charge is 2.09. The highest BCUT2D eigenvalue weighted by atomic mass is 16.5. The van der Waals surface area contributed by atoms with Gasteiger partial charge in [0.1, 0.15) is 11.8 Å². The summed E-state index contributed by atoms with van der Waals surface area (Å²) < 4.78 is 5.01. The lowest BCUT2D eigenvalue weighted by Crippen LogP contribution is -2.17. The monoisotopic (exact) mass is 218 g/mol. The summed E-state index contributed by atoms with van der Waals surface area (Å²) in [5.41, 5.74) is 1.01. The second-order valence-corrected chi connectivity index (χ2v) is 3.67. The minimum Gasteiger partial charge on any atom is -0.495 e. The molecular formula is C12H14N2O2. The number of carbonyl (C=O) groups excluding carboxylic acids is 1. The predicted octanol–water partition coefficient (Wildman–Crippen LogP) is 2.16. The van der Waals surface area contributed by atoms with Crippen molar-refractivity contribution in [2.24, 2.45) is 5.92 Å². The largest absolute Gasteiger partial charge is 0.495 e. The average Bonchev–Trinajstić information content (AvgIpc) is 2.28. The van der Waals surface area contributed by atoms with E-state index in [-0.39, 0.29) is 11.8 Å². The molecule has 0 atom stereocenters. The number of carbonyl (C=O) groups is 1. The van der Waals surface area contributed by atoms with Crippen LogP contribution in [0.5, 0.6) is 5.75 Å². The molecule has 1 aromatic rings. The maximum atomic E-state index is 11.4. The first-order chi connectivity index (χ1) is 7.58. The summed E-state index contributed by atoms with van der Waals surface area (Å²) >= 11 is 0. The van der Waals surface area contributed by atoms with Crippen LogP contribution in [0.25, 0.3) is 0 Å². The highest BCUT2D eigenvalue weighted by Crippen LogP contribution is 2.21. The van der Waals surface area contributed by atoms with E-state index in [9.17, 15) is 4.79 Å². The van der Waals surface area contributed by atoms with E-state index in [0.29, 0.717) is 17.0 Å². The van der Waals surface area contributed by atoms with E-state index in [0.717, 1.165) is 0 Å². The van der Waals surface area contributed by atoms with Crippen molar-refractivity contribution in [1.82, 2.24) is 0 Å². The van der Waals surface area contributed by atoms with Gasteiger partial charge in [0, 0.05) is 11.6 Å². The molecule has 0 aliphatic heterocycles. The lowest BCUT2D eigenvalue weighted by molar-refractivity contribution is -0.118. The van der Waals surface area contributed by atoms with Crippen LogP contribution in [-0.2, 0) is 4.79 Å². The first kappa shape index (κ1) is 12.1. The zero-order valence-corrected chi connectivity index (χ0v) is 9.57. The van der Waals surface area contributed by atoms with Gasteiger partial charge in [0.15, 0.2) is 0 Å². The van der Waals surface area contributed by atoms with Crippen LogP contribution in [-0.4, -0.2) is 13.0 Å². The molecule has 4 heteroatoms. The Labute approximate surface area is 94.8 Å². The number of methoxy groups -OCH3 is 1. The first-order valence-electron chi connectivity index (χ1n) is 4.97. The molecule has 1 N–H and O–H groups in total. The van der Waals surface area contributed by atoms with Gasteiger partial charge in [0.05, 0.1) is 12.7 Å². The summed E-state index contributed by atoms with van der Waals surface area (Å²) in [5.74, 6) is 0.340. The standard InChI is InChI=1S/C12H14N2O2/c1-8(2)12(15)14-10-4-5-11(16-3)9(6-10)7-13/h4-6,8H,1-3H3,(H,14,15). The lowest BCUT2D eigenvalue weighted by Gasteiger charge is -2.09. The van der Waals surface area contributed by atoms with Gasteiger partial charge >= 0.3 is 0 Å². The van der Waals surface area contributed by atoms with Crippen LogP contribution >= 0.6 is 0 Å². The molecule has 1 aromatic carbocycles. The Morgan fingerprint density at radius 2 is 2.19 bits per heavy atom. The summed E-state index contributed by atoms with van der Waals surface area (Å²) in [6.45, 7) is 3.62.